The summed E-state index contributed by atoms with van der Waals surface area (Å²) in [7, 11) is 1.63. The highest BCUT2D eigenvalue weighted by atomic mass is 19.2. The molecule has 1 aliphatic heterocycles. The monoisotopic (exact) mass is 317 g/mol. The van der Waals surface area contributed by atoms with Crippen molar-refractivity contribution >= 4 is 11.7 Å². The van der Waals surface area contributed by atoms with Gasteiger partial charge in [0.15, 0.2) is 17.5 Å². The average Bonchev–Trinajstić information content (AvgIpc) is 2.54. The highest BCUT2D eigenvalue weighted by Crippen LogP contribution is 2.20. The Morgan fingerprint density at radius 2 is 1.86 bits per heavy atom. The van der Waals surface area contributed by atoms with Gasteiger partial charge in [-0.3, -0.25) is 4.90 Å². The summed E-state index contributed by atoms with van der Waals surface area (Å²) in [6.45, 7) is 3.70. The minimum Gasteiger partial charge on any atom is -0.383 e. The predicted molar refractivity (Wildman–Crippen MR) is 75.2 cm³/mol. The van der Waals surface area contributed by atoms with Gasteiger partial charge in [0, 0.05) is 39.8 Å². The van der Waals surface area contributed by atoms with Gasteiger partial charge in [-0.1, -0.05) is 0 Å². The third kappa shape index (κ3) is 3.89. The van der Waals surface area contributed by atoms with Crippen molar-refractivity contribution in [2.24, 2.45) is 0 Å². The molecule has 0 saturated carbocycles. The van der Waals surface area contributed by atoms with Gasteiger partial charge in [-0.2, -0.15) is 0 Å². The molecule has 5 nitrogen and oxygen atoms in total. The van der Waals surface area contributed by atoms with Crippen molar-refractivity contribution in [2.45, 2.75) is 0 Å². The Morgan fingerprint density at radius 1 is 1.18 bits per heavy atom. The Bertz CT molecular complexity index is 534. The molecule has 122 valence electrons. The summed E-state index contributed by atoms with van der Waals surface area (Å²) < 4.78 is 44.5. The molecule has 8 heteroatoms. The van der Waals surface area contributed by atoms with E-state index in [1.807, 2.05) is 0 Å². The summed E-state index contributed by atoms with van der Waals surface area (Å²) in [5, 5.41) is 2.27. The van der Waals surface area contributed by atoms with E-state index in [1.165, 1.54) is 4.90 Å². The van der Waals surface area contributed by atoms with Crippen LogP contribution >= 0.6 is 0 Å². The Labute approximate surface area is 126 Å². The lowest BCUT2D eigenvalue weighted by atomic mass is 10.2. The van der Waals surface area contributed by atoms with Crippen LogP contribution in [0, 0.1) is 17.5 Å². The Hall–Kier alpha value is -1.80. The summed E-state index contributed by atoms with van der Waals surface area (Å²) in [4.78, 5) is 15.7. The summed E-state index contributed by atoms with van der Waals surface area (Å²) in [6, 6.07) is 1.24. The number of benzene rings is 1. The van der Waals surface area contributed by atoms with Crippen LogP contribution in [0.25, 0.3) is 0 Å². The van der Waals surface area contributed by atoms with Crippen molar-refractivity contribution in [1.82, 2.24) is 9.80 Å². The molecule has 1 saturated heterocycles. The van der Waals surface area contributed by atoms with Crippen molar-refractivity contribution in [3.05, 3.63) is 29.6 Å². The summed E-state index contributed by atoms with van der Waals surface area (Å²) in [6.07, 6.45) is 0. The van der Waals surface area contributed by atoms with E-state index in [9.17, 15) is 18.0 Å². The quantitative estimate of drug-likeness (QED) is 0.863. The second kappa shape index (κ2) is 7.46. The first-order valence-electron chi connectivity index (χ1n) is 6.93. The molecule has 0 bridgehead atoms. The number of nitrogens with zero attached hydrogens (tertiary/aromatic N) is 2. The zero-order chi connectivity index (χ0) is 16.1. The number of ether oxygens (including phenoxy) is 1. The maximum absolute atomic E-state index is 13.5. The van der Waals surface area contributed by atoms with Crippen LogP contribution in [0.5, 0.6) is 0 Å². The molecule has 1 aromatic carbocycles. The predicted octanol–water partition coefficient (Wildman–Crippen LogP) is 1.90. The van der Waals surface area contributed by atoms with Gasteiger partial charge in [0.05, 0.1) is 12.3 Å². The van der Waals surface area contributed by atoms with Crippen molar-refractivity contribution in [1.29, 1.82) is 0 Å². The molecule has 1 aromatic rings. The fraction of sp³-hybridized carbons (Fsp3) is 0.500. The number of carbonyl (C=O) groups is 1. The second-order valence-corrected chi connectivity index (χ2v) is 4.97. The molecule has 0 spiro atoms. The van der Waals surface area contributed by atoms with Gasteiger partial charge in [0.25, 0.3) is 0 Å². The molecule has 0 unspecified atom stereocenters. The Kier molecular flexibility index (Phi) is 5.62. The number of methoxy groups -OCH3 is 1. The lowest BCUT2D eigenvalue weighted by Gasteiger charge is -2.34. The molecule has 0 atom stereocenters. The van der Waals surface area contributed by atoms with Crippen molar-refractivity contribution in [2.75, 3.05) is 51.8 Å². The van der Waals surface area contributed by atoms with Gasteiger partial charge in [0.1, 0.15) is 0 Å². The standard InChI is InChI=1S/C14H18F3N3O2/c1-22-9-8-19-4-6-20(7-5-19)14(21)18-11-3-2-10(15)12(16)13(11)17/h2-3H,4-9H2,1H3,(H,18,21). The molecule has 1 fully saturated rings. The fourth-order valence-corrected chi connectivity index (χ4v) is 2.21. The number of amides is 2. The number of carbonyl (C=O) groups excluding carboxylic acids is 1. The van der Waals surface area contributed by atoms with Crippen LogP contribution in [0.1, 0.15) is 0 Å². The van der Waals surface area contributed by atoms with Gasteiger partial charge in [-0.25, -0.2) is 18.0 Å². The van der Waals surface area contributed by atoms with Crippen molar-refractivity contribution in [3.63, 3.8) is 0 Å². The highest BCUT2D eigenvalue weighted by molar-refractivity contribution is 5.89. The molecular weight excluding hydrogens is 299 g/mol. The first-order chi connectivity index (χ1) is 10.5. The Morgan fingerprint density at radius 3 is 2.50 bits per heavy atom. The van der Waals surface area contributed by atoms with Crippen LogP contribution in [0.3, 0.4) is 0 Å². The largest absolute Gasteiger partial charge is 0.383 e. The SMILES string of the molecule is COCCN1CCN(C(=O)Nc2ccc(F)c(F)c2F)CC1. The van der Waals surface area contributed by atoms with E-state index in [-0.39, 0.29) is 5.69 Å². The molecule has 2 rings (SSSR count). The van der Waals surface area contributed by atoms with Crippen molar-refractivity contribution < 1.29 is 22.7 Å². The third-order valence-electron chi connectivity index (χ3n) is 3.55. The summed E-state index contributed by atoms with van der Waals surface area (Å²) in [5.41, 5.74) is -0.370. The molecule has 1 heterocycles. The molecule has 1 aliphatic rings. The third-order valence-corrected chi connectivity index (χ3v) is 3.55. The van der Waals surface area contributed by atoms with E-state index >= 15 is 0 Å². The molecule has 0 aliphatic carbocycles. The average molecular weight is 317 g/mol. The zero-order valence-corrected chi connectivity index (χ0v) is 12.2. The van der Waals surface area contributed by atoms with E-state index in [0.717, 1.165) is 18.7 Å². The first kappa shape index (κ1) is 16.6. The van der Waals surface area contributed by atoms with Gasteiger partial charge >= 0.3 is 6.03 Å². The van der Waals surface area contributed by atoms with E-state index in [2.05, 4.69) is 10.2 Å². The number of halogens is 3. The number of nitrogens with one attached hydrogen (secondary N) is 1. The highest BCUT2D eigenvalue weighted by Gasteiger charge is 2.22. The van der Waals surface area contributed by atoms with Gasteiger partial charge < -0.3 is 15.0 Å². The smallest absolute Gasteiger partial charge is 0.322 e. The number of anilines is 1. The molecule has 22 heavy (non-hydrogen) atoms. The first-order valence-corrected chi connectivity index (χ1v) is 6.93. The van der Waals surface area contributed by atoms with Gasteiger partial charge in [-0.05, 0) is 12.1 Å². The minimum atomic E-state index is -1.60. The Balaban J connectivity index is 1.90. The fourth-order valence-electron chi connectivity index (χ4n) is 2.21. The van der Waals surface area contributed by atoms with Gasteiger partial charge in [-0.15, -0.1) is 0 Å². The van der Waals surface area contributed by atoms with E-state index in [1.54, 1.807) is 7.11 Å². The molecular formula is C14H18F3N3O2. The van der Waals surface area contributed by atoms with Gasteiger partial charge in [0.2, 0.25) is 0 Å². The number of rotatable bonds is 4. The van der Waals surface area contributed by atoms with Crippen molar-refractivity contribution in [3.8, 4) is 0 Å². The second-order valence-electron chi connectivity index (χ2n) is 4.97. The molecule has 2 amide bonds. The van der Waals surface area contributed by atoms with Crippen LogP contribution in [-0.4, -0.2) is 62.3 Å². The topological polar surface area (TPSA) is 44.8 Å². The van der Waals surface area contributed by atoms with Crippen LogP contribution < -0.4 is 5.32 Å². The lowest BCUT2D eigenvalue weighted by Crippen LogP contribution is -2.50. The molecule has 1 N–H and O–H groups in total. The summed E-state index contributed by atoms with van der Waals surface area (Å²) in [5.74, 6) is -4.28. The molecule has 0 radical (unpaired) electrons. The van der Waals surface area contributed by atoms with E-state index in [0.29, 0.717) is 32.8 Å². The number of hydrogen-bond acceptors (Lipinski definition) is 3. The number of piperazine rings is 1. The summed E-state index contributed by atoms with van der Waals surface area (Å²) >= 11 is 0. The van der Waals surface area contributed by atoms with Crippen LogP contribution in [-0.2, 0) is 4.74 Å². The van der Waals surface area contributed by atoms with Crippen LogP contribution in [0.15, 0.2) is 12.1 Å². The number of hydrogen-bond donors (Lipinski definition) is 1. The van der Waals surface area contributed by atoms with E-state index < -0.39 is 23.5 Å². The maximum atomic E-state index is 13.5. The van der Waals surface area contributed by atoms with Crippen LogP contribution in [0.2, 0.25) is 0 Å². The normalized spacial score (nSPS) is 15.9. The zero-order valence-electron chi connectivity index (χ0n) is 12.2. The van der Waals surface area contributed by atoms with Crippen LogP contribution in [0.4, 0.5) is 23.7 Å². The maximum Gasteiger partial charge on any atom is 0.322 e. The molecule has 0 aromatic heterocycles. The minimum absolute atomic E-state index is 0.370. The number of urea groups is 1. The lowest BCUT2D eigenvalue weighted by molar-refractivity contribution is 0.109. The van der Waals surface area contributed by atoms with E-state index in [4.69, 9.17) is 4.74 Å².